The van der Waals surface area contributed by atoms with Gasteiger partial charge < -0.3 is 15.3 Å². The topological polar surface area (TPSA) is 35.5 Å². The molecule has 1 unspecified atom stereocenters. The number of unbranched alkanes of at least 4 members (excludes halogenated alkanes) is 2. The molecule has 3 nitrogen and oxygen atoms in total. The first-order valence-corrected chi connectivity index (χ1v) is 5.39. The molecule has 2 N–H and O–H groups in total. The van der Waals surface area contributed by atoms with Crippen LogP contribution in [0.25, 0.3) is 0 Å². The Morgan fingerprint density at radius 1 is 1.38 bits per heavy atom. The summed E-state index contributed by atoms with van der Waals surface area (Å²) >= 11 is 0. The summed E-state index contributed by atoms with van der Waals surface area (Å²) in [4.78, 5) is 2.51. The fraction of sp³-hybridized carbons (Fsp3) is 1.00. The molecule has 3 heteroatoms. The minimum atomic E-state index is 0.345. The number of rotatable bonds is 5. The van der Waals surface area contributed by atoms with Gasteiger partial charge in [-0.1, -0.05) is 0 Å². The molecule has 1 fully saturated rings. The molecule has 1 saturated heterocycles. The smallest absolute Gasteiger partial charge is 0.0431 e. The number of piperazine rings is 1. The van der Waals surface area contributed by atoms with Gasteiger partial charge in [0.25, 0.3) is 0 Å². The molecular formula is C10H22N2O. The van der Waals surface area contributed by atoms with Crippen molar-refractivity contribution in [3.8, 4) is 0 Å². The zero-order valence-electron chi connectivity index (χ0n) is 8.63. The standard InChI is InChI=1S/C10H22N2O/c1-10-9-12(7-5-11-10)6-3-2-4-8-13/h10-11,13H,2-9H2,1H3. The Bertz CT molecular complexity index is 130. The highest BCUT2D eigenvalue weighted by Gasteiger charge is 2.14. The van der Waals surface area contributed by atoms with Gasteiger partial charge in [0.15, 0.2) is 0 Å². The van der Waals surface area contributed by atoms with E-state index in [1.807, 2.05) is 0 Å². The maximum absolute atomic E-state index is 8.62. The lowest BCUT2D eigenvalue weighted by atomic mass is 10.2. The average molecular weight is 186 g/mol. The van der Waals surface area contributed by atoms with Crippen LogP contribution in [0.4, 0.5) is 0 Å². The molecule has 1 aliphatic heterocycles. The third-order valence-corrected chi connectivity index (χ3v) is 2.59. The Morgan fingerprint density at radius 3 is 2.92 bits per heavy atom. The molecule has 0 saturated carbocycles. The number of aliphatic hydroxyl groups excluding tert-OH is 1. The summed E-state index contributed by atoms with van der Waals surface area (Å²) in [5, 5.41) is 12.1. The van der Waals surface area contributed by atoms with E-state index in [0.717, 1.165) is 19.4 Å². The fourth-order valence-electron chi connectivity index (χ4n) is 1.84. The van der Waals surface area contributed by atoms with Gasteiger partial charge in [0, 0.05) is 32.3 Å². The van der Waals surface area contributed by atoms with Crippen molar-refractivity contribution in [2.45, 2.75) is 32.2 Å². The van der Waals surface area contributed by atoms with E-state index in [1.54, 1.807) is 0 Å². The van der Waals surface area contributed by atoms with Crippen LogP contribution < -0.4 is 5.32 Å². The average Bonchev–Trinajstić information content (AvgIpc) is 2.13. The molecule has 0 aromatic rings. The summed E-state index contributed by atoms with van der Waals surface area (Å²) in [6.07, 6.45) is 3.35. The highest BCUT2D eigenvalue weighted by molar-refractivity contribution is 4.74. The van der Waals surface area contributed by atoms with Crippen molar-refractivity contribution in [1.82, 2.24) is 10.2 Å². The second-order valence-corrected chi connectivity index (χ2v) is 3.94. The zero-order chi connectivity index (χ0) is 9.52. The van der Waals surface area contributed by atoms with E-state index in [2.05, 4.69) is 17.1 Å². The van der Waals surface area contributed by atoms with Gasteiger partial charge in [-0.3, -0.25) is 0 Å². The van der Waals surface area contributed by atoms with E-state index < -0.39 is 0 Å². The highest BCUT2D eigenvalue weighted by Crippen LogP contribution is 2.02. The van der Waals surface area contributed by atoms with E-state index in [0.29, 0.717) is 12.6 Å². The SMILES string of the molecule is CC1CN(CCCCCO)CCN1. The minimum absolute atomic E-state index is 0.345. The third-order valence-electron chi connectivity index (χ3n) is 2.59. The van der Waals surface area contributed by atoms with Crippen molar-refractivity contribution in [2.24, 2.45) is 0 Å². The molecule has 0 radical (unpaired) electrons. The quantitative estimate of drug-likeness (QED) is 0.612. The predicted octanol–water partition coefficient (Wildman–Crippen LogP) is 0.443. The van der Waals surface area contributed by atoms with Crippen LogP contribution in [0.2, 0.25) is 0 Å². The number of nitrogens with zero attached hydrogens (tertiary/aromatic N) is 1. The molecule has 1 rings (SSSR count). The summed E-state index contributed by atoms with van der Waals surface area (Å²) in [5.41, 5.74) is 0. The lowest BCUT2D eigenvalue weighted by Gasteiger charge is -2.31. The van der Waals surface area contributed by atoms with E-state index in [-0.39, 0.29) is 0 Å². The van der Waals surface area contributed by atoms with Crippen molar-refractivity contribution < 1.29 is 5.11 Å². The van der Waals surface area contributed by atoms with Crippen molar-refractivity contribution in [3.63, 3.8) is 0 Å². The lowest BCUT2D eigenvalue weighted by molar-refractivity contribution is 0.200. The number of hydrogen-bond acceptors (Lipinski definition) is 3. The molecule has 0 spiro atoms. The molecule has 0 amide bonds. The first kappa shape index (κ1) is 11.0. The molecule has 1 aliphatic rings. The summed E-state index contributed by atoms with van der Waals surface area (Å²) in [6, 6.07) is 0.645. The van der Waals surface area contributed by atoms with Crippen LogP contribution in [0, 0.1) is 0 Å². The summed E-state index contributed by atoms with van der Waals surface area (Å²) in [7, 11) is 0. The van der Waals surface area contributed by atoms with Gasteiger partial charge in [-0.05, 0) is 32.7 Å². The van der Waals surface area contributed by atoms with Gasteiger partial charge in [0.1, 0.15) is 0 Å². The van der Waals surface area contributed by atoms with Crippen LogP contribution >= 0.6 is 0 Å². The number of hydrogen-bond donors (Lipinski definition) is 2. The molecule has 0 aromatic carbocycles. The Labute approximate surface area is 81.1 Å². The van der Waals surface area contributed by atoms with Crippen LogP contribution in [0.5, 0.6) is 0 Å². The minimum Gasteiger partial charge on any atom is -0.396 e. The Balaban J connectivity index is 2.00. The Kier molecular flexibility index (Phi) is 5.35. The van der Waals surface area contributed by atoms with E-state index in [1.165, 1.54) is 26.1 Å². The Hall–Kier alpha value is -0.120. The molecule has 0 aromatic heterocycles. The van der Waals surface area contributed by atoms with Gasteiger partial charge in [-0.25, -0.2) is 0 Å². The first-order chi connectivity index (χ1) is 6.33. The van der Waals surface area contributed by atoms with Gasteiger partial charge in [0.2, 0.25) is 0 Å². The molecular weight excluding hydrogens is 164 g/mol. The summed E-state index contributed by atoms with van der Waals surface area (Å²) in [5.74, 6) is 0. The fourth-order valence-corrected chi connectivity index (χ4v) is 1.84. The van der Waals surface area contributed by atoms with Crippen LogP contribution in [0.1, 0.15) is 26.2 Å². The van der Waals surface area contributed by atoms with Gasteiger partial charge in [-0.2, -0.15) is 0 Å². The van der Waals surface area contributed by atoms with Crippen molar-refractivity contribution in [1.29, 1.82) is 0 Å². The second kappa shape index (κ2) is 6.35. The Morgan fingerprint density at radius 2 is 2.23 bits per heavy atom. The van der Waals surface area contributed by atoms with Gasteiger partial charge >= 0.3 is 0 Å². The van der Waals surface area contributed by atoms with E-state index >= 15 is 0 Å². The van der Waals surface area contributed by atoms with Gasteiger partial charge in [-0.15, -0.1) is 0 Å². The maximum Gasteiger partial charge on any atom is 0.0431 e. The van der Waals surface area contributed by atoms with E-state index in [9.17, 15) is 0 Å². The molecule has 78 valence electrons. The number of nitrogens with one attached hydrogen (secondary N) is 1. The normalized spacial score (nSPS) is 24.9. The molecule has 0 bridgehead atoms. The van der Waals surface area contributed by atoms with Crippen LogP contribution in [0.15, 0.2) is 0 Å². The van der Waals surface area contributed by atoms with Crippen molar-refractivity contribution >= 4 is 0 Å². The predicted molar refractivity (Wildman–Crippen MR) is 54.8 cm³/mol. The molecule has 0 aliphatic carbocycles. The maximum atomic E-state index is 8.62. The van der Waals surface area contributed by atoms with Gasteiger partial charge in [0.05, 0.1) is 0 Å². The van der Waals surface area contributed by atoms with E-state index in [4.69, 9.17) is 5.11 Å². The summed E-state index contributed by atoms with van der Waals surface area (Å²) in [6.45, 7) is 7.27. The molecule has 13 heavy (non-hydrogen) atoms. The summed E-state index contributed by atoms with van der Waals surface area (Å²) < 4.78 is 0. The zero-order valence-corrected chi connectivity index (χ0v) is 8.63. The van der Waals surface area contributed by atoms with Crippen LogP contribution in [0.3, 0.4) is 0 Å². The second-order valence-electron chi connectivity index (χ2n) is 3.94. The first-order valence-electron chi connectivity index (χ1n) is 5.39. The van der Waals surface area contributed by atoms with Crippen LogP contribution in [-0.4, -0.2) is 48.8 Å². The molecule has 1 heterocycles. The number of aliphatic hydroxyl groups is 1. The third kappa shape index (κ3) is 4.60. The van der Waals surface area contributed by atoms with Crippen molar-refractivity contribution in [3.05, 3.63) is 0 Å². The van der Waals surface area contributed by atoms with Crippen LogP contribution in [-0.2, 0) is 0 Å². The molecule has 1 atom stereocenters. The largest absolute Gasteiger partial charge is 0.396 e. The lowest BCUT2D eigenvalue weighted by Crippen LogP contribution is -2.49. The van der Waals surface area contributed by atoms with Crippen molar-refractivity contribution in [2.75, 3.05) is 32.8 Å². The monoisotopic (exact) mass is 186 g/mol. The highest BCUT2D eigenvalue weighted by atomic mass is 16.2.